The molecule has 2 heterocycles. The zero-order valence-electron chi connectivity index (χ0n) is 22.6. The van der Waals surface area contributed by atoms with Gasteiger partial charge in [-0.1, -0.05) is 36.4 Å². The van der Waals surface area contributed by atoms with Crippen LogP contribution in [0.25, 0.3) is 0 Å². The summed E-state index contributed by atoms with van der Waals surface area (Å²) < 4.78 is 5.30. The molecule has 1 unspecified atom stereocenters. The highest BCUT2D eigenvalue weighted by Crippen LogP contribution is 2.46. The minimum Gasteiger partial charge on any atom is -0.497 e. The van der Waals surface area contributed by atoms with Crippen LogP contribution in [0, 0.1) is 0 Å². The van der Waals surface area contributed by atoms with Gasteiger partial charge in [-0.3, -0.25) is 9.69 Å². The summed E-state index contributed by atoms with van der Waals surface area (Å²) >= 11 is 0. The molecule has 2 aliphatic heterocycles. The Morgan fingerprint density at radius 1 is 1.03 bits per heavy atom. The number of benzene rings is 2. The molecular weight excluding hydrogens is 464 g/mol. The number of likely N-dealkylation sites (tertiary alicyclic amines) is 1. The number of rotatable bonds is 7. The average Bonchev–Trinajstić information content (AvgIpc) is 3.73. The number of hydrogen-bond donors (Lipinski definition) is 1. The van der Waals surface area contributed by atoms with Crippen molar-refractivity contribution < 1.29 is 14.3 Å². The van der Waals surface area contributed by atoms with Gasteiger partial charge in [0, 0.05) is 25.7 Å². The third-order valence-electron chi connectivity index (χ3n) is 8.37. The molecule has 5 rings (SSSR count). The van der Waals surface area contributed by atoms with E-state index in [2.05, 4.69) is 58.6 Å². The fraction of sp³-hybridized carbons (Fsp3) is 0.533. The first-order valence-corrected chi connectivity index (χ1v) is 13.6. The zero-order valence-corrected chi connectivity index (χ0v) is 22.6. The molecule has 37 heavy (non-hydrogen) atoms. The van der Waals surface area contributed by atoms with E-state index in [1.54, 1.807) is 7.11 Å². The number of urea groups is 1. The normalized spacial score (nSPS) is 21.6. The smallest absolute Gasteiger partial charge is 0.317 e. The summed E-state index contributed by atoms with van der Waals surface area (Å²) in [7, 11) is 3.76. The number of hydrogen-bond acceptors (Lipinski definition) is 4. The van der Waals surface area contributed by atoms with E-state index in [-0.39, 0.29) is 24.1 Å². The minimum absolute atomic E-state index is 0.0403. The van der Waals surface area contributed by atoms with Crippen molar-refractivity contribution >= 4 is 11.9 Å². The summed E-state index contributed by atoms with van der Waals surface area (Å²) in [6.07, 6.45) is 4.50. The molecule has 3 aliphatic rings. The van der Waals surface area contributed by atoms with Gasteiger partial charge in [0.15, 0.2) is 0 Å². The molecule has 0 radical (unpaired) electrons. The topological polar surface area (TPSA) is 65.1 Å². The molecule has 1 atom stereocenters. The molecule has 1 N–H and O–H groups in total. The molecule has 0 bridgehead atoms. The molecule has 1 aliphatic carbocycles. The average molecular weight is 505 g/mol. The Hall–Kier alpha value is -3.06. The van der Waals surface area contributed by atoms with Crippen molar-refractivity contribution in [2.75, 3.05) is 33.8 Å². The lowest BCUT2D eigenvalue weighted by Gasteiger charge is -2.42. The number of carbonyl (C=O) groups excluding carboxylic acids is 2. The van der Waals surface area contributed by atoms with Crippen molar-refractivity contribution in [1.82, 2.24) is 20.0 Å². The molecule has 2 aromatic rings. The summed E-state index contributed by atoms with van der Waals surface area (Å²) in [4.78, 5) is 33.0. The number of likely N-dealkylation sites (N-methyl/N-ethyl adjacent to an activating group) is 1. The summed E-state index contributed by atoms with van der Waals surface area (Å²) in [6.45, 7) is 5.74. The van der Waals surface area contributed by atoms with E-state index in [1.807, 2.05) is 30.9 Å². The Morgan fingerprint density at radius 2 is 1.65 bits per heavy atom. The van der Waals surface area contributed by atoms with Crippen molar-refractivity contribution in [3.63, 3.8) is 0 Å². The molecular formula is C30H40N4O3. The Morgan fingerprint density at radius 3 is 2.22 bits per heavy atom. The fourth-order valence-electron chi connectivity index (χ4n) is 5.98. The third-order valence-corrected chi connectivity index (χ3v) is 8.37. The van der Waals surface area contributed by atoms with Crippen molar-refractivity contribution in [1.29, 1.82) is 0 Å². The van der Waals surface area contributed by atoms with Gasteiger partial charge in [-0.25, -0.2) is 4.79 Å². The fourth-order valence-corrected chi connectivity index (χ4v) is 5.98. The lowest BCUT2D eigenvalue weighted by Crippen LogP contribution is -2.57. The molecule has 3 fully saturated rings. The van der Waals surface area contributed by atoms with Gasteiger partial charge in [0.25, 0.3) is 0 Å². The lowest BCUT2D eigenvalue weighted by molar-refractivity contribution is -0.135. The second kappa shape index (κ2) is 10.4. The molecule has 0 aromatic heterocycles. The number of piperidine rings is 1. The predicted octanol–water partition coefficient (Wildman–Crippen LogP) is 4.54. The van der Waals surface area contributed by atoms with E-state index in [4.69, 9.17) is 4.74 Å². The predicted molar refractivity (Wildman–Crippen MR) is 145 cm³/mol. The maximum absolute atomic E-state index is 14.2. The Bertz CT molecular complexity index is 1100. The maximum atomic E-state index is 14.2. The molecule has 1 saturated carbocycles. The first kappa shape index (κ1) is 25.6. The van der Waals surface area contributed by atoms with Crippen LogP contribution in [0.3, 0.4) is 0 Å². The molecule has 2 saturated heterocycles. The second-order valence-electron chi connectivity index (χ2n) is 11.1. The Kier molecular flexibility index (Phi) is 7.17. The SMILES string of the molecule is COc1ccc(CCN2C(=O)C3(CCN(C(=O)NC(C)C)CC3)N(C)C2c2ccc(C3CC3)cc2)cc1. The van der Waals surface area contributed by atoms with Crippen molar-refractivity contribution in [3.8, 4) is 5.75 Å². The van der Waals surface area contributed by atoms with E-state index in [0.717, 1.165) is 17.7 Å². The van der Waals surface area contributed by atoms with Crippen LogP contribution in [0.15, 0.2) is 48.5 Å². The number of carbonyl (C=O) groups is 2. The van der Waals surface area contributed by atoms with E-state index < -0.39 is 5.54 Å². The van der Waals surface area contributed by atoms with E-state index >= 15 is 0 Å². The van der Waals surface area contributed by atoms with Gasteiger partial charge < -0.3 is 19.9 Å². The van der Waals surface area contributed by atoms with Crippen LogP contribution < -0.4 is 10.1 Å². The lowest BCUT2D eigenvalue weighted by atomic mass is 9.86. The molecule has 3 amide bonds. The first-order valence-electron chi connectivity index (χ1n) is 13.6. The monoisotopic (exact) mass is 504 g/mol. The number of amides is 3. The minimum atomic E-state index is -0.589. The van der Waals surface area contributed by atoms with Crippen LogP contribution in [0.4, 0.5) is 4.79 Å². The van der Waals surface area contributed by atoms with Crippen LogP contribution in [0.1, 0.15) is 68.3 Å². The van der Waals surface area contributed by atoms with Crippen molar-refractivity contribution in [3.05, 3.63) is 65.2 Å². The largest absolute Gasteiger partial charge is 0.497 e. The number of ether oxygens (including phenoxy) is 1. The van der Waals surface area contributed by atoms with Gasteiger partial charge in [0.2, 0.25) is 5.91 Å². The molecule has 7 nitrogen and oxygen atoms in total. The molecule has 198 valence electrons. The molecule has 7 heteroatoms. The van der Waals surface area contributed by atoms with Crippen molar-refractivity contribution in [2.45, 2.75) is 69.6 Å². The summed E-state index contributed by atoms with van der Waals surface area (Å²) in [5, 5.41) is 2.99. The summed E-state index contributed by atoms with van der Waals surface area (Å²) in [5.41, 5.74) is 3.15. The van der Waals surface area contributed by atoms with Crippen LogP contribution in [-0.2, 0) is 11.2 Å². The molecule has 1 spiro atoms. The van der Waals surface area contributed by atoms with Gasteiger partial charge in [-0.15, -0.1) is 0 Å². The highest BCUT2D eigenvalue weighted by atomic mass is 16.5. The number of methoxy groups -OCH3 is 1. The second-order valence-corrected chi connectivity index (χ2v) is 11.1. The quantitative estimate of drug-likeness (QED) is 0.601. The number of nitrogens with zero attached hydrogens (tertiary/aromatic N) is 3. The standard InChI is InChI=1S/C30H40N4O3/c1-21(2)31-29(36)33-19-16-30(17-20-33)28(35)34(18-15-22-5-13-26(37-4)14-6-22)27(32(30)3)25-11-9-24(10-12-25)23-7-8-23/h5-6,9-14,21,23,27H,7-8,15-20H2,1-4H3,(H,31,36). The van der Waals surface area contributed by atoms with Gasteiger partial charge in [-0.2, -0.15) is 0 Å². The number of nitrogens with one attached hydrogen (secondary N) is 1. The van der Waals surface area contributed by atoms with E-state index in [0.29, 0.717) is 38.4 Å². The summed E-state index contributed by atoms with van der Waals surface area (Å²) in [6, 6.07) is 17.1. The van der Waals surface area contributed by atoms with Crippen molar-refractivity contribution in [2.24, 2.45) is 0 Å². The van der Waals surface area contributed by atoms with Gasteiger partial charge >= 0.3 is 6.03 Å². The van der Waals surface area contributed by atoms with E-state index in [1.165, 1.54) is 24.0 Å². The van der Waals surface area contributed by atoms with Gasteiger partial charge in [0.05, 0.1) is 7.11 Å². The Labute approximate surface area is 220 Å². The Balaban J connectivity index is 1.38. The maximum Gasteiger partial charge on any atom is 0.317 e. The van der Waals surface area contributed by atoms with Crippen LogP contribution in [0.5, 0.6) is 5.75 Å². The summed E-state index contributed by atoms with van der Waals surface area (Å²) in [5.74, 6) is 1.72. The van der Waals surface area contributed by atoms with Crippen LogP contribution >= 0.6 is 0 Å². The van der Waals surface area contributed by atoms with E-state index in [9.17, 15) is 9.59 Å². The zero-order chi connectivity index (χ0) is 26.2. The molecule has 2 aromatic carbocycles. The van der Waals surface area contributed by atoms with Gasteiger partial charge in [0.1, 0.15) is 17.5 Å². The highest BCUT2D eigenvalue weighted by molar-refractivity contribution is 5.89. The van der Waals surface area contributed by atoms with Crippen LogP contribution in [0.2, 0.25) is 0 Å². The van der Waals surface area contributed by atoms with Gasteiger partial charge in [-0.05, 0) is 87.7 Å². The first-order chi connectivity index (χ1) is 17.8. The van der Waals surface area contributed by atoms with Crippen LogP contribution in [-0.4, -0.2) is 72.0 Å². The highest BCUT2D eigenvalue weighted by Gasteiger charge is 2.57. The third kappa shape index (κ3) is 5.06.